The average Bonchev–Trinajstić information content (AvgIpc) is 2.33. The van der Waals surface area contributed by atoms with Crippen molar-refractivity contribution >= 4 is 0 Å². The summed E-state index contributed by atoms with van der Waals surface area (Å²) in [6.45, 7) is 4.06. The molecule has 88 valence electrons. The molecule has 1 heterocycles. The molecule has 0 amide bonds. The summed E-state index contributed by atoms with van der Waals surface area (Å²) in [6, 6.07) is 9.64. The monoisotopic (exact) mass is 229 g/mol. The van der Waals surface area contributed by atoms with E-state index in [0.29, 0.717) is 5.56 Å². The molecule has 0 aliphatic carbocycles. The summed E-state index contributed by atoms with van der Waals surface area (Å²) in [5.74, 6) is 0. The van der Waals surface area contributed by atoms with Gasteiger partial charge in [-0.15, -0.1) is 0 Å². The van der Waals surface area contributed by atoms with Gasteiger partial charge in [0.2, 0.25) is 5.69 Å². The Labute approximate surface area is 108 Å². The summed E-state index contributed by atoms with van der Waals surface area (Å²) in [4.78, 5) is 0. The van der Waals surface area contributed by atoms with Crippen LogP contribution < -0.4 is 4.57 Å². The molecular formula is C16H20N+. The Balaban J connectivity index is 2.60. The molecule has 1 heteroatoms. The molecule has 0 saturated carbocycles. The Hall–Kier alpha value is -1.63. The maximum atomic E-state index is 7.48. The maximum Gasteiger partial charge on any atom is 0.212 e. The number of nitrogens with zero attached hydrogens (tertiary/aromatic N) is 1. The van der Waals surface area contributed by atoms with Crippen LogP contribution in [0.5, 0.6) is 0 Å². The van der Waals surface area contributed by atoms with Gasteiger partial charge in [0.25, 0.3) is 0 Å². The zero-order valence-electron chi connectivity index (χ0n) is 13.8. The van der Waals surface area contributed by atoms with Gasteiger partial charge in [0.05, 0.1) is 0 Å². The molecule has 0 fully saturated rings. The molecule has 0 aliphatic heterocycles. The first-order valence-corrected chi connectivity index (χ1v) is 5.79. The zero-order chi connectivity index (χ0) is 15.1. The third kappa shape index (κ3) is 2.23. The standard InChI is InChI=1S/C16H20N/c1-11-6-7-15(13(3)8-11)16-10-12(2)9-14(4)17(16)5/h6-10H,1-5H3/q+1/i1D3. The lowest BCUT2D eigenvalue weighted by molar-refractivity contribution is -0.666. The van der Waals surface area contributed by atoms with Crippen LogP contribution in [0.3, 0.4) is 0 Å². The predicted molar refractivity (Wildman–Crippen MR) is 72.0 cm³/mol. The molecular weight excluding hydrogens is 206 g/mol. The van der Waals surface area contributed by atoms with Crippen LogP contribution in [0, 0.1) is 27.6 Å². The summed E-state index contributed by atoms with van der Waals surface area (Å²) in [7, 11) is 2.03. The lowest BCUT2D eigenvalue weighted by atomic mass is 10.0. The van der Waals surface area contributed by atoms with Gasteiger partial charge in [-0.05, 0) is 37.9 Å². The van der Waals surface area contributed by atoms with Gasteiger partial charge in [0.1, 0.15) is 7.05 Å². The van der Waals surface area contributed by atoms with Crippen molar-refractivity contribution in [1.82, 2.24) is 0 Å². The quantitative estimate of drug-likeness (QED) is 0.660. The van der Waals surface area contributed by atoms with Gasteiger partial charge in [-0.25, -0.2) is 0 Å². The Bertz CT molecular complexity index is 658. The highest BCUT2D eigenvalue weighted by Gasteiger charge is 2.14. The first-order valence-electron chi connectivity index (χ1n) is 7.29. The Morgan fingerprint density at radius 2 is 1.76 bits per heavy atom. The lowest BCUT2D eigenvalue weighted by Crippen LogP contribution is -2.35. The van der Waals surface area contributed by atoms with E-state index in [4.69, 9.17) is 4.11 Å². The van der Waals surface area contributed by atoms with Gasteiger partial charge < -0.3 is 0 Å². The molecule has 2 aromatic rings. The van der Waals surface area contributed by atoms with Crippen molar-refractivity contribution in [3.8, 4) is 11.3 Å². The van der Waals surface area contributed by atoms with Crippen molar-refractivity contribution < 1.29 is 8.68 Å². The van der Waals surface area contributed by atoms with E-state index < -0.39 is 6.85 Å². The van der Waals surface area contributed by atoms with E-state index in [2.05, 4.69) is 30.5 Å². The van der Waals surface area contributed by atoms with Crippen molar-refractivity contribution in [3.05, 3.63) is 52.7 Å². The summed E-state index contributed by atoms with van der Waals surface area (Å²) >= 11 is 0. The van der Waals surface area contributed by atoms with Gasteiger partial charge in [0.15, 0.2) is 5.69 Å². The number of hydrogen-bond acceptors (Lipinski definition) is 0. The predicted octanol–water partition coefficient (Wildman–Crippen LogP) is 3.41. The van der Waals surface area contributed by atoms with Crippen molar-refractivity contribution in [3.63, 3.8) is 0 Å². The van der Waals surface area contributed by atoms with Crippen LogP contribution in [0.1, 0.15) is 26.5 Å². The molecule has 2 rings (SSSR count). The van der Waals surface area contributed by atoms with Crippen LogP contribution >= 0.6 is 0 Å². The minimum atomic E-state index is -2.05. The second-order valence-electron chi connectivity index (χ2n) is 4.65. The molecule has 0 aliphatic rings. The molecule has 1 aromatic carbocycles. The van der Waals surface area contributed by atoms with E-state index in [1.807, 2.05) is 20.0 Å². The fourth-order valence-electron chi connectivity index (χ4n) is 2.18. The van der Waals surface area contributed by atoms with E-state index in [0.717, 1.165) is 16.8 Å². The molecule has 0 bridgehead atoms. The lowest BCUT2D eigenvalue weighted by Gasteiger charge is -2.08. The number of pyridine rings is 1. The van der Waals surface area contributed by atoms with E-state index in [1.54, 1.807) is 12.1 Å². The number of aromatic nitrogens is 1. The summed E-state index contributed by atoms with van der Waals surface area (Å²) < 4.78 is 24.6. The second-order valence-corrected chi connectivity index (χ2v) is 4.65. The van der Waals surface area contributed by atoms with Crippen LogP contribution in [0.2, 0.25) is 0 Å². The topological polar surface area (TPSA) is 3.88 Å². The third-order valence-corrected chi connectivity index (χ3v) is 3.19. The van der Waals surface area contributed by atoms with Crippen molar-refractivity contribution in [2.75, 3.05) is 0 Å². The number of benzene rings is 1. The van der Waals surface area contributed by atoms with Crippen molar-refractivity contribution in [2.24, 2.45) is 7.05 Å². The minimum absolute atomic E-state index is 0.394. The van der Waals surface area contributed by atoms with Gasteiger partial charge in [0, 0.05) is 28.7 Å². The molecule has 0 N–H and O–H groups in total. The fourth-order valence-corrected chi connectivity index (χ4v) is 2.18. The van der Waals surface area contributed by atoms with Gasteiger partial charge >= 0.3 is 0 Å². The van der Waals surface area contributed by atoms with Gasteiger partial charge in [-0.2, -0.15) is 4.57 Å². The molecule has 0 unspecified atom stereocenters. The molecule has 1 nitrogen and oxygen atoms in total. The van der Waals surface area contributed by atoms with Crippen molar-refractivity contribution in [2.45, 2.75) is 27.6 Å². The normalized spacial score (nSPS) is 14.0. The third-order valence-electron chi connectivity index (χ3n) is 3.19. The van der Waals surface area contributed by atoms with Crippen LogP contribution in [-0.4, -0.2) is 0 Å². The van der Waals surface area contributed by atoms with E-state index in [-0.39, 0.29) is 0 Å². The first kappa shape index (κ1) is 8.46. The second kappa shape index (κ2) is 4.33. The molecule has 0 radical (unpaired) electrons. The molecule has 0 saturated heterocycles. The van der Waals surface area contributed by atoms with E-state index in [9.17, 15) is 0 Å². The molecule has 17 heavy (non-hydrogen) atoms. The van der Waals surface area contributed by atoms with Crippen molar-refractivity contribution in [1.29, 1.82) is 0 Å². The Morgan fingerprint density at radius 3 is 2.41 bits per heavy atom. The largest absolute Gasteiger partial charge is 0.212 e. The average molecular weight is 229 g/mol. The SMILES string of the molecule is [2H]C([2H])([2H])c1ccc(-c2cc(C)cc(C)[n+]2C)c(C)c1. The first-order chi connectivity index (χ1) is 9.20. The fraction of sp³-hybridized carbons (Fsp3) is 0.312. The van der Waals surface area contributed by atoms with Crippen LogP contribution in [0.25, 0.3) is 11.3 Å². The Kier molecular flexibility index (Phi) is 2.15. The smallest absolute Gasteiger partial charge is 0.199 e. The van der Waals surface area contributed by atoms with Crippen LogP contribution in [0.15, 0.2) is 30.3 Å². The number of hydrogen-bond donors (Lipinski definition) is 0. The highest BCUT2D eigenvalue weighted by Crippen LogP contribution is 2.22. The minimum Gasteiger partial charge on any atom is -0.199 e. The van der Waals surface area contributed by atoms with Gasteiger partial charge in [-0.3, -0.25) is 0 Å². The molecule has 1 aromatic heterocycles. The highest BCUT2D eigenvalue weighted by molar-refractivity contribution is 5.62. The number of aryl methyl sites for hydroxylation is 4. The van der Waals surface area contributed by atoms with Gasteiger partial charge in [-0.1, -0.05) is 17.7 Å². The highest BCUT2D eigenvalue weighted by atomic mass is 14.9. The maximum absolute atomic E-state index is 7.48. The Morgan fingerprint density at radius 1 is 1.00 bits per heavy atom. The zero-order valence-corrected chi connectivity index (χ0v) is 10.8. The molecule has 0 atom stereocenters. The van der Waals surface area contributed by atoms with Crippen LogP contribution in [0.4, 0.5) is 0 Å². The number of rotatable bonds is 1. The van der Waals surface area contributed by atoms with Crippen LogP contribution in [-0.2, 0) is 7.05 Å². The van der Waals surface area contributed by atoms with E-state index >= 15 is 0 Å². The van der Waals surface area contributed by atoms with E-state index in [1.165, 1.54) is 11.3 Å². The summed E-state index contributed by atoms with van der Waals surface area (Å²) in [5.41, 5.74) is 5.95. The summed E-state index contributed by atoms with van der Waals surface area (Å²) in [6.07, 6.45) is 0. The molecule has 0 spiro atoms. The summed E-state index contributed by atoms with van der Waals surface area (Å²) in [5, 5.41) is 0.